The molecule has 4 aliphatic heterocycles. The van der Waals surface area contributed by atoms with Crippen molar-refractivity contribution in [3.8, 4) is 0 Å². The summed E-state index contributed by atoms with van der Waals surface area (Å²) in [7, 11) is 5.33. The average Bonchev–Trinajstić information content (AvgIpc) is 3.18. The third kappa shape index (κ3) is 11.7. The number of fused-ring (bicyclic) bond motifs is 3. The van der Waals surface area contributed by atoms with E-state index in [0.717, 1.165) is 0 Å². The van der Waals surface area contributed by atoms with E-state index in [2.05, 4.69) is 11.7 Å². The van der Waals surface area contributed by atoms with Crippen LogP contribution < -0.4 is 0 Å². The lowest BCUT2D eigenvalue weighted by molar-refractivity contribution is -0.321. The quantitative estimate of drug-likeness (QED) is 0.188. The maximum absolute atomic E-state index is 14.6. The van der Waals surface area contributed by atoms with Crippen LogP contribution in [0.15, 0.2) is 17.3 Å². The molecule has 2 N–H and O–H groups in total. The minimum atomic E-state index is -1.93. The van der Waals surface area contributed by atoms with E-state index in [1.54, 1.807) is 34.6 Å². The Morgan fingerprint density at radius 3 is 2.15 bits per heavy atom. The molecule has 0 spiro atoms. The predicted octanol–water partition coefficient (Wildman–Crippen LogP) is 4.32. The number of hydrogen-bond acceptors (Lipinski definition) is 17. The zero-order valence-electron chi connectivity index (χ0n) is 39.7. The van der Waals surface area contributed by atoms with Crippen LogP contribution in [0.1, 0.15) is 109 Å². The number of hydrogen-bond donors (Lipinski definition) is 2. The van der Waals surface area contributed by atoms with Crippen molar-refractivity contribution in [3.63, 3.8) is 0 Å². The Labute approximate surface area is 368 Å². The number of aliphatic hydroxyl groups excluding tert-OH is 1. The molecule has 62 heavy (non-hydrogen) atoms. The Morgan fingerprint density at radius 2 is 1.56 bits per heavy atom. The molecular formula is C45H76N2O15. The first-order chi connectivity index (χ1) is 28.8. The fourth-order valence-corrected chi connectivity index (χ4v) is 9.91. The van der Waals surface area contributed by atoms with Crippen molar-refractivity contribution in [2.75, 3.05) is 34.4 Å². The van der Waals surface area contributed by atoms with E-state index in [1.165, 1.54) is 27.9 Å². The van der Waals surface area contributed by atoms with Crippen molar-refractivity contribution >= 4 is 23.6 Å². The van der Waals surface area contributed by atoms with E-state index >= 15 is 0 Å². The fraction of sp³-hybridized carbons (Fsp3) is 0.867. The summed E-state index contributed by atoms with van der Waals surface area (Å²) in [6, 6.07) is -0.287. The standard InChI is InChI=1S/C45H76N2O15/c1-17-33-45(13,52)38(50)26(5)35-24(3)19-44(12,54-21-23(2)22-55-46-35)39(62-42-37(58-30(9)48)32(47(14)15)18-25(4)56-42)27(6)36(28(7)41(51)60-33)61-34-20-43(11,53-16)40(29(8)57-34)59-31(10)49/h24-29,32-34,36-40,42,50,52H,2,17-22H2,1,3-16H3/b46-35+/t24-,25-,26+,27+,28-,29+,32+,33-,34+,36+,37-,38-,39-,40+,42+,43-,44-,45-/m1/s1. The van der Waals surface area contributed by atoms with Crippen molar-refractivity contribution in [2.24, 2.45) is 28.8 Å². The third-order valence-corrected chi connectivity index (χ3v) is 13.4. The molecule has 3 saturated heterocycles. The first-order valence-corrected chi connectivity index (χ1v) is 22.1. The van der Waals surface area contributed by atoms with Crippen LogP contribution in [0.2, 0.25) is 0 Å². The third-order valence-electron chi connectivity index (χ3n) is 13.4. The second-order valence-electron chi connectivity index (χ2n) is 19.0. The van der Waals surface area contributed by atoms with E-state index in [1.807, 2.05) is 46.7 Å². The highest BCUT2D eigenvalue weighted by molar-refractivity contribution is 5.89. The van der Waals surface area contributed by atoms with Crippen LogP contribution in [0.5, 0.6) is 0 Å². The molecule has 4 aliphatic rings. The SMILES string of the molecule is C=C1CO/N=C2\[C@H](C)C[C@@](C)(OC1)[C@H](O[C@@H]1O[C@H](C)C[C@H](N(C)C)[C@H]1OC(C)=O)[C@@H](C)[C@H](O[C@H]1C[C@@](C)(OC)[C@@H](OC(C)=O)[C@H](C)O1)[C@@H](C)C(=O)O[C@H](CC)[C@@](C)(O)[C@H](O)[C@H]2C. The molecule has 17 nitrogen and oxygen atoms in total. The van der Waals surface area contributed by atoms with Crippen LogP contribution in [-0.4, -0.2) is 157 Å². The number of likely N-dealkylation sites (N-methyl/N-ethyl adjacent to an activating group) is 1. The average molecular weight is 885 g/mol. The van der Waals surface area contributed by atoms with Crippen molar-refractivity contribution in [1.29, 1.82) is 0 Å². The molecule has 0 aromatic rings. The van der Waals surface area contributed by atoms with Gasteiger partial charge in [-0.1, -0.05) is 39.4 Å². The topological polar surface area (TPSA) is 200 Å². The summed E-state index contributed by atoms with van der Waals surface area (Å²) < 4.78 is 57.9. The van der Waals surface area contributed by atoms with Crippen molar-refractivity contribution in [2.45, 2.75) is 193 Å². The second kappa shape index (κ2) is 21.0. The smallest absolute Gasteiger partial charge is 0.311 e. The van der Waals surface area contributed by atoms with Gasteiger partial charge in [0.25, 0.3) is 0 Å². The van der Waals surface area contributed by atoms with Crippen LogP contribution in [0.3, 0.4) is 0 Å². The molecule has 3 fully saturated rings. The van der Waals surface area contributed by atoms with Gasteiger partial charge >= 0.3 is 17.9 Å². The highest BCUT2D eigenvalue weighted by atomic mass is 16.7. The molecule has 2 bridgehead atoms. The van der Waals surface area contributed by atoms with E-state index in [0.29, 0.717) is 17.7 Å². The van der Waals surface area contributed by atoms with Gasteiger partial charge < -0.3 is 62.6 Å². The van der Waals surface area contributed by atoms with Crippen LogP contribution in [-0.2, 0) is 61.9 Å². The molecule has 0 unspecified atom stereocenters. The van der Waals surface area contributed by atoms with Crippen LogP contribution in [0, 0.1) is 23.7 Å². The molecular weight excluding hydrogens is 808 g/mol. The molecule has 4 heterocycles. The highest BCUT2D eigenvalue weighted by Crippen LogP contribution is 2.43. The Morgan fingerprint density at radius 1 is 0.919 bits per heavy atom. The molecule has 356 valence electrons. The normalized spacial score (nSPS) is 44.9. The molecule has 17 heteroatoms. The van der Waals surface area contributed by atoms with Crippen LogP contribution in [0.25, 0.3) is 0 Å². The lowest BCUT2D eigenvalue weighted by Gasteiger charge is -2.50. The largest absolute Gasteiger partial charge is 0.459 e. The first kappa shape index (κ1) is 51.9. The minimum absolute atomic E-state index is 0.0106. The number of carbonyl (C=O) groups excluding carboxylic acids is 3. The summed E-state index contributed by atoms with van der Waals surface area (Å²) in [4.78, 5) is 47.3. The number of methoxy groups -OCH3 is 1. The lowest BCUT2D eigenvalue weighted by atomic mass is 9.73. The van der Waals surface area contributed by atoms with Gasteiger partial charge in [-0.05, 0) is 80.5 Å². The molecule has 0 aromatic heterocycles. The number of rotatable bonds is 9. The van der Waals surface area contributed by atoms with Gasteiger partial charge in [-0.3, -0.25) is 14.4 Å². The van der Waals surface area contributed by atoms with Gasteiger partial charge in [0, 0.05) is 45.1 Å². The highest BCUT2D eigenvalue weighted by Gasteiger charge is 2.55. The molecule has 0 saturated carbocycles. The van der Waals surface area contributed by atoms with E-state index in [4.69, 9.17) is 47.5 Å². The van der Waals surface area contributed by atoms with E-state index < -0.39 is 114 Å². The van der Waals surface area contributed by atoms with Gasteiger partial charge in [-0.2, -0.15) is 0 Å². The van der Waals surface area contributed by atoms with E-state index in [-0.39, 0.29) is 44.6 Å². The summed E-state index contributed by atoms with van der Waals surface area (Å²) in [6.07, 6.45) is -8.37. The number of cyclic esters (lactones) is 1. The second-order valence-corrected chi connectivity index (χ2v) is 19.0. The fourth-order valence-electron chi connectivity index (χ4n) is 9.91. The Kier molecular flexibility index (Phi) is 17.6. The van der Waals surface area contributed by atoms with Gasteiger partial charge in [0.2, 0.25) is 0 Å². The van der Waals surface area contributed by atoms with Crippen molar-refractivity contribution in [3.05, 3.63) is 12.2 Å². The number of oxime groups is 1. The van der Waals surface area contributed by atoms with E-state index in [9.17, 15) is 24.6 Å². The molecule has 0 radical (unpaired) electrons. The lowest BCUT2D eigenvalue weighted by Crippen LogP contribution is -2.62. The van der Waals surface area contributed by atoms with Crippen molar-refractivity contribution in [1.82, 2.24) is 4.90 Å². The maximum Gasteiger partial charge on any atom is 0.311 e. The maximum atomic E-state index is 14.6. The minimum Gasteiger partial charge on any atom is -0.459 e. The van der Waals surface area contributed by atoms with Gasteiger partial charge in [0.15, 0.2) is 24.8 Å². The van der Waals surface area contributed by atoms with Crippen molar-refractivity contribution < 1.29 is 72.1 Å². The monoisotopic (exact) mass is 885 g/mol. The Balaban J connectivity index is 1.98. The molecule has 0 aliphatic carbocycles. The molecule has 0 aromatic carbocycles. The summed E-state index contributed by atoms with van der Waals surface area (Å²) >= 11 is 0. The van der Waals surface area contributed by atoms with Crippen LogP contribution in [0.4, 0.5) is 0 Å². The summed E-state index contributed by atoms with van der Waals surface area (Å²) in [6.45, 7) is 24.7. The van der Waals surface area contributed by atoms with Gasteiger partial charge in [0.1, 0.15) is 23.9 Å². The Hall–Kier alpha value is -2.74. The summed E-state index contributed by atoms with van der Waals surface area (Å²) in [5.74, 6) is -4.78. The van der Waals surface area contributed by atoms with Gasteiger partial charge in [-0.25, -0.2) is 0 Å². The molecule has 18 atom stereocenters. The zero-order valence-corrected chi connectivity index (χ0v) is 39.7. The molecule has 4 rings (SSSR count). The first-order valence-electron chi connectivity index (χ1n) is 22.1. The number of nitrogens with zero attached hydrogens (tertiary/aromatic N) is 2. The summed E-state index contributed by atoms with van der Waals surface area (Å²) in [5, 5.41) is 28.6. The van der Waals surface area contributed by atoms with Gasteiger partial charge in [-0.15, -0.1) is 0 Å². The number of ether oxygens (including phenoxy) is 9. The molecule has 0 amide bonds. The number of esters is 3. The number of aliphatic hydroxyl groups is 2. The zero-order chi connectivity index (χ0) is 46.6. The number of carbonyl (C=O) groups is 3. The summed E-state index contributed by atoms with van der Waals surface area (Å²) in [5.41, 5.74) is -3.25. The van der Waals surface area contributed by atoms with Crippen LogP contribution >= 0.6 is 0 Å². The Bertz CT molecular complexity index is 1590. The van der Waals surface area contributed by atoms with Gasteiger partial charge in [0.05, 0.1) is 60.4 Å². The predicted molar refractivity (Wildman–Crippen MR) is 227 cm³/mol.